The first-order valence-electron chi connectivity index (χ1n) is 9.98. The molecular weight excluding hydrogens is 396 g/mol. The first-order chi connectivity index (χ1) is 14.7. The normalized spacial score (nSPS) is 11.8. The number of hydrogen-bond acceptors (Lipinski definition) is 6. The Morgan fingerprint density at radius 2 is 1.81 bits per heavy atom. The van der Waals surface area contributed by atoms with Gasteiger partial charge in [0.25, 0.3) is 0 Å². The van der Waals surface area contributed by atoms with Gasteiger partial charge in [0.15, 0.2) is 5.65 Å². The van der Waals surface area contributed by atoms with Gasteiger partial charge in [-0.25, -0.2) is 14.6 Å². The molecule has 0 radical (unpaired) electrons. The predicted molar refractivity (Wildman–Crippen MR) is 116 cm³/mol. The molecule has 31 heavy (non-hydrogen) atoms. The van der Waals surface area contributed by atoms with Crippen LogP contribution in [0.4, 0.5) is 4.79 Å². The Balaban J connectivity index is 1.94. The fourth-order valence-corrected chi connectivity index (χ4v) is 3.51. The van der Waals surface area contributed by atoms with E-state index in [1.54, 1.807) is 32.9 Å². The fraction of sp³-hybridized carbons (Fsp3) is 0.304. The van der Waals surface area contributed by atoms with Crippen LogP contribution < -0.4 is 5.69 Å². The molecule has 0 spiro atoms. The van der Waals surface area contributed by atoms with Gasteiger partial charge in [-0.1, -0.05) is 35.5 Å². The highest BCUT2D eigenvalue weighted by Gasteiger charge is 2.25. The molecular formula is C23H24N4O4. The largest absolute Gasteiger partial charge is 0.443 e. The van der Waals surface area contributed by atoms with Gasteiger partial charge in [-0.15, -0.1) is 0 Å². The van der Waals surface area contributed by atoms with E-state index >= 15 is 0 Å². The highest BCUT2D eigenvalue weighted by molar-refractivity contribution is 5.86. The minimum absolute atomic E-state index is 0.268. The van der Waals surface area contributed by atoms with Gasteiger partial charge < -0.3 is 9.26 Å². The van der Waals surface area contributed by atoms with Crippen molar-refractivity contribution in [3.05, 3.63) is 70.0 Å². The van der Waals surface area contributed by atoms with Crippen LogP contribution in [0.2, 0.25) is 0 Å². The number of imidazole rings is 1. The lowest BCUT2D eigenvalue weighted by Crippen LogP contribution is -2.34. The zero-order valence-corrected chi connectivity index (χ0v) is 18.2. The van der Waals surface area contributed by atoms with Crippen LogP contribution in [0.25, 0.3) is 22.4 Å². The molecule has 0 N–H and O–H groups in total. The van der Waals surface area contributed by atoms with Crippen molar-refractivity contribution in [2.75, 3.05) is 0 Å². The van der Waals surface area contributed by atoms with Gasteiger partial charge in [-0.2, -0.15) is 4.57 Å². The summed E-state index contributed by atoms with van der Waals surface area (Å²) < 4.78 is 13.3. The number of pyridine rings is 1. The number of ether oxygens (including phenoxy) is 1. The zero-order chi connectivity index (χ0) is 22.3. The van der Waals surface area contributed by atoms with E-state index in [2.05, 4.69) is 5.16 Å². The monoisotopic (exact) mass is 420 g/mol. The molecule has 4 rings (SSSR count). The molecule has 8 heteroatoms. The molecule has 0 atom stereocenters. The summed E-state index contributed by atoms with van der Waals surface area (Å²) >= 11 is 0. The molecule has 4 aromatic rings. The molecule has 0 amide bonds. The molecule has 8 nitrogen and oxygen atoms in total. The Morgan fingerprint density at radius 3 is 2.42 bits per heavy atom. The highest BCUT2D eigenvalue weighted by Crippen LogP contribution is 2.27. The van der Waals surface area contributed by atoms with E-state index in [9.17, 15) is 9.59 Å². The van der Waals surface area contributed by atoms with Crippen molar-refractivity contribution in [1.29, 1.82) is 0 Å². The number of carbonyl (C=O) groups is 1. The predicted octanol–water partition coefficient (Wildman–Crippen LogP) is 4.30. The van der Waals surface area contributed by atoms with Crippen molar-refractivity contribution in [1.82, 2.24) is 19.3 Å². The number of nitrogens with zero attached hydrogens (tertiary/aromatic N) is 4. The standard InChI is InChI=1S/C23H24N4O4/c1-14-19(15(2)31-25-14)17-11-12-18-20(24-17)26(13-16-9-7-6-8-10-16)21(28)27(18)22(29)30-23(3,4)5/h6-12H,13H2,1-5H3. The fourth-order valence-electron chi connectivity index (χ4n) is 3.51. The third-order valence-corrected chi connectivity index (χ3v) is 4.82. The first kappa shape index (κ1) is 20.6. The zero-order valence-electron chi connectivity index (χ0n) is 18.2. The molecule has 0 saturated heterocycles. The number of aryl methyl sites for hydroxylation is 2. The van der Waals surface area contributed by atoms with Gasteiger partial charge >= 0.3 is 11.8 Å². The summed E-state index contributed by atoms with van der Waals surface area (Å²) in [6.07, 6.45) is -0.735. The van der Waals surface area contributed by atoms with Crippen LogP contribution in [0.3, 0.4) is 0 Å². The maximum atomic E-state index is 13.3. The van der Waals surface area contributed by atoms with Crippen LogP contribution in [0.5, 0.6) is 0 Å². The smallest absolute Gasteiger partial charge is 0.423 e. The summed E-state index contributed by atoms with van der Waals surface area (Å²) in [5.41, 5.74) is 2.52. The number of fused-ring (bicyclic) bond motifs is 1. The van der Waals surface area contributed by atoms with E-state index in [0.29, 0.717) is 28.3 Å². The quantitative estimate of drug-likeness (QED) is 0.491. The summed E-state index contributed by atoms with van der Waals surface area (Å²) in [6.45, 7) is 9.18. The van der Waals surface area contributed by atoms with E-state index in [4.69, 9.17) is 14.2 Å². The number of hydrogen-bond donors (Lipinski definition) is 0. The lowest BCUT2D eigenvalue weighted by Gasteiger charge is -2.19. The molecule has 0 unspecified atom stereocenters. The number of aromatic nitrogens is 4. The van der Waals surface area contributed by atoms with Crippen molar-refractivity contribution in [3.63, 3.8) is 0 Å². The summed E-state index contributed by atoms with van der Waals surface area (Å²) in [7, 11) is 0. The Hall–Kier alpha value is -3.68. The number of benzene rings is 1. The Bertz CT molecular complexity index is 1300. The second kappa shape index (κ2) is 7.54. The van der Waals surface area contributed by atoms with Crippen LogP contribution in [0.15, 0.2) is 51.8 Å². The van der Waals surface area contributed by atoms with Crippen molar-refractivity contribution >= 4 is 17.3 Å². The summed E-state index contributed by atoms with van der Waals surface area (Å²) in [6, 6.07) is 13.0. The van der Waals surface area contributed by atoms with Gasteiger partial charge in [0.2, 0.25) is 0 Å². The molecule has 3 aromatic heterocycles. The van der Waals surface area contributed by atoms with Gasteiger partial charge in [-0.05, 0) is 52.3 Å². The lowest BCUT2D eigenvalue weighted by molar-refractivity contribution is 0.0537. The van der Waals surface area contributed by atoms with E-state index < -0.39 is 17.4 Å². The first-order valence-corrected chi connectivity index (χ1v) is 9.98. The summed E-state index contributed by atoms with van der Waals surface area (Å²) in [5, 5.41) is 3.99. The molecule has 0 aliphatic carbocycles. The summed E-state index contributed by atoms with van der Waals surface area (Å²) in [4.78, 5) is 30.9. The second-order valence-electron chi connectivity index (χ2n) is 8.41. The molecule has 0 aliphatic heterocycles. The van der Waals surface area contributed by atoms with E-state index in [1.807, 2.05) is 44.2 Å². The minimum atomic E-state index is -0.742. The SMILES string of the molecule is Cc1noc(C)c1-c1ccc2c(n1)n(Cc1ccccc1)c(=O)n2C(=O)OC(C)(C)C. The third kappa shape index (κ3) is 3.88. The van der Waals surface area contributed by atoms with Gasteiger partial charge in [0.05, 0.1) is 23.5 Å². The van der Waals surface area contributed by atoms with Gasteiger partial charge in [-0.3, -0.25) is 4.57 Å². The van der Waals surface area contributed by atoms with E-state index in [1.165, 1.54) is 4.57 Å². The summed E-state index contributed by atoms with van der Waals surface area (Å²) in [5.74, 6) is 0.632. The second-order valence-corrected chi connectivity index (χ2v) is 8.41. The molecule has 0 aliphatic rings. The molecule has 160 valence electrons. The van der Waals surface area contributed by atoms with Crippen LogP contribution in [0.1, 0.15) is 37.8 Å². The maximum absolute atomic E-state index is 13.3. The van der Waals surface area contributed by atoms with E-state index in [0.717, 1.165) is 15.7 Å². The molecule has 3 heterocycles. The van der Waals surface area contributed by atoms with Crippen LogP contribution >= 0.6 is 0 Å². The lowest BCUT2D eigenvalue weighted by atomic mass is 10.1. The molecule has 0 saturated carbocycles. The number of rotatable bonds is 3. The Kier molecular flexibility index (Phi) is 5.00. The van der Waals surface area contributed by atoms with E-state index in [-0.39, 0.29) is 6.54 Å². The van der Waals surface area contributed by atoms with Crippen molar-refractivity contribution < 1.29 is 14.1 Å². The van der Waals surface area contributed by atoms with Crippen molar-refractivity contribution in [2.45, 2.75) is 46.8 Å². The average Bonchev–Trinajstić information content (AvgIpc) is 3.17. The number of carbonyl (C=O) groups excluding carboxylic acids is 1. The molecule has 0 fully saturated rings. The van der Waals surface area contributed by atoms with Crippen LogP contribution in [0, 0.1) is 13.8 Å². The third-order valence-electron chi connectivity index (χ3n) is 4.82. The molecule has 0 bridgehead atoms. The van der Waals surface area contributed by atoms with Crippen molar-refractivity contribution in [2.24, 2.45) is 0 Å². The van der Waals surface area contributed by atoms with Gasteiger partial charge in [0, 0.05) is 0 Å². The van der Waals surface area contributed by atoms with Crippen LogP contribution in [-0.4, -0.2) is 31.0 Å². The van der Waals surface area contributed by atoms with Crippen LogP contribution in [-0.2, 0) is 11.3 Å². The Morgan fingerprint density at radius 1 is 1.10 bits per heavy atom. The highest BCUT2D eigenvalue weighted by atomic mass is 16.6. The van der Waals surface area contributed by atoms with Gasteiger partial charge in [0.1, 0.15) is 16.9 Å². The molecule has 1 aromatic carbocycles. The topological polar surface area (TPSA) is 92.1 Å². The Labute approximate surface area is 179 Å². The minimum Gasteiger partial charge on any atom is -0.443 e. The average molecular weight is 420 g/mol. The van der Waals surface area contributed by atoms with Crippen molar-refractivity contribution in [3.8, 4) is 11.3 Å². The maximum Gasteiger partial charge on any atom is 0.423 e.